The van der Waals surface area contributed by atoms with Crippen molar-refractivity contribution in [3.63, 3.8) is 0 Å². The van der Waals surface area contributed by atoms with Crippen LogP contribution in [-0.2, 0) is 22.7 Å². The quantitative estimate of drug-likeness (QED) is 0.848. The molecule has 0 spiro atoms. The van der Waals surface area contributed by atoms with Crippen LogP contribution < -0.4 is 5.32 Å². The second kappa shape index (κ2) is 8.76. The van der Waals surface area contributed by atoms with E-state index in [0.717, 1.165) is 11.1 Å². The van der Waals surface area contributed by atoms with E-state index in [1.54, 1.807) is 29.4 Å². The van der Waals surface area contributed by atoms with E-state index in [-0.39, 0.29) is 24.1 Å². The summed E-state index contributed by atoms with van der Waals surface area (Å²) in [4.78, 5) is 29.2. The van der Waals surface area contributed by atoms with Gasteiger partial charge in [-0.2, -0.15) is 0 Å². The number of aromatic nitrogens is 1. The van der Waals surface area contributed by atoms with Crippen LogP contribution in [0.4, 0.5) is 4.39 Å². The molecular formula is C18H20FN3O2. The number of benzene rings is 1. The third-order valence-corrected chi connectivity index (χ3v) is 3.58. The molecule has 2 rings (SSSR count). The Balaban J connectivity index is 1.79. The van der Waals surface area contributed by atoms with Crippen LogP contribution in [0.15, 0.2) is 48.8 Å². The topological polar surface area (TPSA) is 62.3 Å². The van der Waals surface area contributed by atoms with Crippen LogP contribution in [-0.4, -0.2) is 28.2 Å². The molecule has 0 aliphatic heterocycles. The molecule has 0 atom stereocenters. The Hall–Kier alpha value is -2.76. The molecular weight excluding hydrogens is 309 g/mol. The molecule has 1 aromatic carbocycles. The first-order valence-corrected chi connectivity index (χ1v) is 7.70. The summed E-state index contributed by atoms with van der Waals surface area (Å²) in [6.45, 7) is 2.61. The highest BCUT2D eigenvalue weighted by Crippen LogP contribution is 2.05. The molecule has 0 fully saturated rings. The predicted molar refractivity (Wildman–Crippen MR) is 88.2 cm³/mol. The highest BCUT2D eigenvalue weighted by atomic mass is 19.1. The normalized spacial score (nSPS) is 10.2. The molecule has 24 heavy (non-hydrogen) atoms. The number of amides is 2. The van der Waals surface area contributed by atoms with Crippen LogP contribution in [0.3, 0.4) is 0 Å². The zero-order valence-electron chi connectivity index (χ0n) is 13.5. The molecule has 0 saturated carbocycles. The van der Waals surface area contributed by atoms with Crippen LogP contribution in [0.2, 0.25) is 0 Å². The fourth-order valence-electron chi connectivity index (χ4n) is 2.18. The summed E-state index contributed by atoms with van der Waals surface area (Å²) in [7, 11) is 0. The molecule has 6 heteroatoms. The van der Waals surface area contributed by atoms with Crippen molar-refractivity contribution in [3.05, 3.63) is 65.7 Å². The lowest BCUT2D eigenvalue weighted by molar-refractivity contribution is -0.130. The zero-order valence-corrected chi connectivity index (χ0v) is 13.5. The first kappa shape index (κ1) is 17.6. The Morgan fingerprint density at radius 2 is 1.75 bits per heavy atom. The molecule has 0 aliphatic rings. The zero-order chi connectivity index (χ0) is 17.4. The monoisotopic (exact) mass is 329 g/mol. The molecule has 0 aliphatic carbocycles. The molecule has 0 bridgehead atoms. The van der Waals surface area contributed by atoms with Crippen molar-refractivity contribution >= 4 is 11.8 Å². The minimum absolute atomic E-state index is 0.0850. The summed E-state index contributed by atoms with van der Waals surface area (Å²) in [6.07, 6.45) is 3.55. The Morgan fingerprint density at radius 1 is 1.08 bits per heavy atom. The summed E-state index contributed by atoms with van der Waals surface area (Å²) in [5, 5.41) is 2.77. The lowest BCUT2D eigenvalue weighted by Gasteiger charge is -2.20. The van der Waals surface area contributed by atoms with Gasteiger partial charge in [0.2, 0.25) is 11.8 Å². The Labute approximate surface area is 140 Å². The van der Waals surface area contributed by atoms with Gasteiger partial charge in [0.25, 0.3) is 0 Å². The van der Waals surface area contributed by atoms with Gasteiger partial charge in [-0.25, -0.2) is 4.39 Å². The second-order valence-corrected chi connectivity index (χ2v) is 5.45. The molecule has 0 radical (unpaired) electrons. The van der Waals surface area contributed by atoms with Crippen molar-refractivity contribution < 1.29 is 14.0 Å². The van der Waals surface area contributed by atoms with Gasteiger partial charge in [-0.1, -0.05) is 12.1 Å². The summed E-state index contributed by atoms with van der Waals surface area (Å²) >= 11 is 0. The Kier molecular flexibility index (Phi) is 6.42. The summed E-state index contributed by atoms with van der Waals surface area (Å²) in [5.41, 5.74) is 1.79. The van der Waals surface area contributed by atoms with Crippen molar-refractivity contribution in [2.75, 3.05) is 6.54 Å². The maximum atomic E-state index is 12.8. The van der Waals surface area contributed by atoms with Gasteiger partial charge < -0.3 is 10.2 Å². The molecule has 0 unspecified atom stereocenters. The van der Waals surface area contributed by atoms with Gasteiger partial charge in [-0.15, -0.1) is 0 Å². The standard InChI is InChI=1S/C18H20FN3O2/c1-14(23)22(13-16-6-9-20-10-7-16)11-8-18(24)21-12-15-2-4-17(19)5-3-15/h2-7,9-10H,8,11-13H2,1H3,(H,21,24). The summed E-state index contributed by atoms with van der Waals surface area (Å²) in [6, 6.07) is 9.64. The number of carbonyl (C=O) groups is 2. The van der Waals surface area contributed by atoms with Crippen molar-refractivity contribution in [1.82, 2.24) is 15.2 Å². The van der Waals surface area contributed by atoms with E-state index in [9.17, 15) is 14.0 Å². The van der Waals surface area contributed by atoms with Crippen molar-refractivity contribution in [2.45, 2.75) is 26.4 Å². The highest BCUT2D eigenvalue weighted by Gasteiger charge is 2.11. The second-order valence-electron chi connectivity index (χ2n) is 5.45. The predicted octanol–water partition coefficient (Wildman–Crippen LogP) is 2.28. The van der Waals surface area contributed by atoms with E-state index in [1.165, 1.54) is 19.1 Å². The lowest BCUT2D eigenvalue weighted by Crippen LogP contribution is -2.33. The number of hydrogen-bond acceptors (Lipinski definition) is 3. The largest absolute Gasteiger partial charge is 0.352 e. The third kappa shape index (κ3) is 5.79. The van der Waals surface area contributed by atoms with E-state index in [1.807, 2.05) is 12.1 Å². The van der Waals surface area contributed by atoms with Gasteiger partial charge in [0, 0.05) is 45.4 Å². The number of pyridine rings is 1. The molecule has 1 aromatic heterocycles. The van der Waals surface area contributed by atoms with E-state index in [4.69, 9.17) is 0 Å². The highest BCUT2D eigenvalue weighted by molar-refractivity contribution is 5.78. The van der Waals surface area contributed by atoms with Gasteiger partial charge in [0.15, 0.2) is 0 Å². The molecule has 1 heterocycles. The SMILES string of the molecule is CC(=O)N(CCC(=O)NCc1ccc(F)cc1)Cc1ccncc1. The average Bonchev–Trinajstić information content (AvgIpc) is 2.58. The summed E-state index contributed by atoms with van der Waals surface area (Å²) in [5.74, 6) is -0.545. The number of halogens is 1. The van der Waals surface area contributed by atoms with E-state index < -0.39 is 0 Å². The minimum Gasteiger partial charge on any atom is -0.352 e. The molecule has 0 saturated heterocycles. The fourth-order valence-corrected chi connectivity index (χ4v) is 2.18. The number of nitrogens with one attached hydrogen (secondary N) is 1. The number of rotatable bonds is 7. The number of carbonyl (C=O) groups excluding carboxylic acids is 2. The fraction of sp³-hybridized carbons (Fsp3) is 0.278. The van der Waals surface area contributed by atoms with Gasteiger partial charge in [-0.3, -0.25) is 14.6 Å². The molecule has 2 amide bonds. The average molecular weight is 329 g/mol. The maximum Gasteiger partial charge on any atom is 0.222 e. The van der Waals surface area contributed by atoms with E-state index >= 15 is 0 Å². The van der Waals surface area contributed by atoms with Crippen LogP contribution in [0.25, 0.3) is 0 Å². The van der Waals surface area contributed by atoms with E-state index in [2.05, 4.69) is 10.3 Å². The number of hydrogen-bond donors (Lipinski definition) is 1. The first-order chi connectivity index (χ1) is 11.5. The van der Waals surface area contributed by atoms with Gasteiger partial charge in [0.05, 0.1) is 0 Å². The lowest BCUT2D eigenvalue weighted by atomic mass is 10.2. The molecule has 2 aromatic rings. The van der Waals surface area contributed by atoms with Crippen LogP contribution >= 0.6 is 0 Å². The third-order valence-electron chi connectivity index (χ3n) is 3.58. The summed E-state index contributed by atoms with van der Waals surface area (Å²) < 4.78 is 12.8. The Bertz CT molecular complexity index is 674. The van der Waals surface area contributed by atoms with Crippen LogP contribution in [0.5, 0.6) is 0 Å². The maximum absolute atomic E-state index is 12.8. The van der Waals surface area contributed by atoms with Crippen molar-refractivity contribution in [3.8, 4) is 0 Å². The van der Waals surface area contributed by atoms with Gasteiger partial charge in [0.1, 0.15) is 5.82 Å². The first-order valence-electron chi connectivity index (χ1n) is 7.70. The molecule has 126 valence electrons. The van der Waals surface area contributed by atoms with Gasteiger partial charge >= 0.3 is 0 Å². The Morgan fingerprint density at radius 3 is 2.38 bits per heavy atom. The smallest absolute Gasteiger partial charge is 0.222 e. The molecule has 1 N–H and O–H groups in total. The van der Waals surface area contributed by atoms with Crippen LogP contribution in [0.1, 0.15) is 24.5 Å². The van der Waals surface area contributed by atoms with Crippen molar-refractivity contribution in [2.24, 2.45) is 0 Å². The van der Waals surface area contributed by atoms with Crippen LogP contribution in [0, 0.1) is 5.82 Å². The molecule has 5 nitrogen and oxygen atoms in total. The van der Waals surface area contributed by atoms with Gasteiger partial charge in [-0.05, 0) is 35.4 Å². The minimum atomic E-state index is -0.307. The van der Waals surface area contributed by atoms with E-state index in [0.29, 0.717) is 19.6 Å². The van der Waals surface area contributed by atoms with Crippen molar-refractivity contribution in [1.29, 1.82) is 0 Å². The number of nitrogens with zero attached hydrogens (tertiary/aromatic N) is 2.